The fourth-order valence-corrected chi connectivity index (χ4v) is 2.67. The molecule has 2 aromatic rings. The summed E-state index contributed by atoms with van der Waals surface area (Å²) in [5.41, 5.74) is 1.14. The molecule has 0 aliphatic carbocycles. The number of nitrogens with zero attached hydrogens (tertiary/aromatic N) is 2. The molecule has 0 amide bonds. The molecule has 0 saturated carbocycles. The highest BCUT2D eigenvalue weighted by Gasteiger charge is 1.99. The Morgan fingerprint density at radius 2 is 1.86 bits per heavy atom. The molecular weight excluding hydrogens is 349 g/mol. The number of rotatable bonds is 7. The van der Waals surface area contributed by atoms with Crippen LogP contribution in [0, 0.1) is 0 Å². The Labute approximate surface area is 145 Å². The third-order valence-corrected chi connectivity index (χ3v) is 4.29. The summed E-state index contributed by atoms with van der Waals surface area (Å²) in [6.45, 7) is 1.74. The Bertz CT molecular complexity index is 540. The predicted molar refractivity (Wildman–Crippen MR) is 92.8 cm³/mol. The third kappa shape index (κ3) is 6.85. The van der Waals surface area contributed by atoms with Crippen LogP contribution in [-0.4, -0.2) is 22.3 Å². The summed E-state index contributed by atoms with van der Waals surface area (Å²) in [7, 11) is 0. The lowest BCUT2D eigenvalue weighted by atomic mass is 10.2. The highest BCUT2D eigenvalue weighted by Crippen LogP contribution is 2.22. The van der Waals surface area contributed by atoms with E-state index in [9.17, 15) is 0 Å². The third-order valence-electron chi connectivity index (χ3n) is 2.58. The zero-order valence-electron chi connectivity index (χ0n) is 11.3. The first-order valence-electron chi connectivity index (χ1n) is 6.30. The molecule has 3 nitrogen and oxygen atoms in total. The van der Waals surface area contributed by atoms with Gasteiger partial charge >= 0.3 is 0 Å². The van der Waals surface area contributed by atoms with E-state index in [2.05, 4.69) is 15.3 Å². The highest BCUT2D eigenvalue weighted by molar-refractivity contribution is 7.99. The average Bonchev–Trinajstić information content (AvgIpc) is 2.47. The molecule has 1 aromatic heterocycles. The largest absolute Gasteiger partial charge is 0.313 e. The van der Waals surface area contributed by atoms with E-state index in [0.29, 0.717) is 10.0 Å². The van der Waals surface area contributed by atoms with E-state index in [1.165, 1.54) is 0 Å². The number of hydrogen-bond donors (Lipinski definition) is 1. The van der Waals surface area contributed by atoms with Gasteiger partial charge in [0.1, 0.15) is 0 Å². The molecule has 0 spiro atoms. The monoisotopic (exact) mass is 363 g/mol. The molecule has 0 aliphatic heterocycles. The second-order valence-corrected chi connectivity index (χ2v) is 6.04. The smallest absolute Gasteiger partial charge is 0.187 e. The molecule has 7 heteroatoms. The Morgan fingerprint density at radius 1 is 1.10 bits per heavy atom. The van der Waals surface area contributed by atoms with Crippen LogP contribution < -0.4 is 5.32 Å². The molecule has 0 saturated heterocycles. The van der Waals surface area contributed by atoms with Gasteiger partial charge in [0, 0.05) is 24.7 Å². The summed E-state index contributed by atoms with van der Waals surface area (Å²) >= 11 is 13.5. The molecule has 0 atom stereocenters. The van der Waals surface area contributed by atoms with E-state index in [1.807, 2.05) is 24.3 Å². The van der Waals surface area contributed by atoms with E-state index >= 15 is 0 Å². The summed E-state index contributed by atoms with van der Waals surface area (Å²) < 4.78 is 0. The average molecular weight is 365 g/mol. The fraction of sp³-hybridized carbons (Fsp3) is 0.286. The molecule has 21 heavy (non-hydrogen) atoms. The van der Waals surface area contributed by atoms with Gasteiger partial charge in [0.2, 0.25) is 0 Å². The first-order valence-corrected chi connectivity index (χ1v) is 8.04. The van der Waals surface area contributed by atoms with Crippen LogP contribution in [0.15, 0.2) is 41.8 Å². The highest BCUT2D eigenvalue weighted by atomic mass is 35.5. The van der Waals surface area contributed by atoms with Crippen LogP contribution in [0.1, 0.15) is 12.0 Å². The van der Waals surface area contributed by atoms with Crippen molar-refractivity contribution in [1.82, 2.24) is 15.3 Å². The van der Waals surface area contributed by atoms with E-state index in [1.54, 1.807) is 24.2 Å². The zero-order valence-corrected chi connectivity index (χ0v) is 14.4. The summed E-state index contributed by atoms with van der Waals surface area (Å²) in [4.78, 5) is 8.33. The first kappa shape index (κ1) is 18.5. The van der Waals surface area contributed by atoms with Crippen LogP contribution in [-0.2, 0) is 6.54 Å². The minimum atomic E-state index is 0. The van der Waals surface area contributed by atoms with Gasteiger partial charge in [-0.15, -0.1) is 12.4 Å². The van der Waals surface area contributed by atoms with Crippen LogP contribution in [0.4, 0.5) is 0 Å². The Hall–Kier alpha value is -0.520. The van der Waals surface area contributed by atoms with Crippen LogP contribution in [0.5, 0.6) is 0 Å². The predicted octanol–water partition coefficient (Wildman–Crippen LogP) is 4.48. The van der Waals surface area contributed by atoms with Crippen LogP contribution >= 0.6 is 47.4 Å². The number of halogens is 3. The molecule has 1 heterocycles. The molecule has 0 radical (unpaired) electrons. The SMILES string of the molecule is Cl.Clc1ccc(CNCCCSc2ncccn2)cc1Cl. The van der Waals surface area contributed by atoms with Gasteiger partial charge in [-0.3, -0.25) is 0 Å². The summed E-state index contributed by atoms with van der Waals surface area (Å²) in [5, 5.41) is 5.40. The van der Waals surface area contributed by atoms with Crippen molar-refractivity contribution in [3.63, 3.8) is 0 Å². The van der Waals surface area contributed by atoms with Gasteiger partial charge in [-0.05, 0) is 36.7 Å². The maximum absolute atomic E-state index is 5.97. The van der Waals surface area contributed by atoms with Crippen molar-refractivity contribution in [2.45, 2.75) is 18.1 Å². The standard InChI is InChI=1S/C14H15Cl2N3S.ClH/c15-12-4-3-11(9-13(12)16)10-17-5-2-8-20-14-18-6-1-7-19-14;/h1,3-4,6-7,9,17H,2,5,8,10H2;1H. The molecule has 114 valence electrons. The number of aromatic nitrogens is 2. The lowest BCUT2D eigenvalue weighted by Gasteiger charge is -2.06. The van der Waals surface area contributed by atoms with Crippen molar-refractivity contribution >= 4 is 47.4 Å². The molecule has 0 unspecified atom stereocenters. The lowest BCUT2D eigenvalue weighted by molar-refractivity contribution is 0.678. The zero-order chi connectivity index (χ0) is 14.2. The number of hydrogen-bond acceptors (Lipinski definition) is 4. The van der Waals surface area contributed by atoms with E-state index in [0.717, 1.165) is 36.0 Å². The van der Waals surface area contributed by atoms with Crippen molar-refractivity contribution in [1.29, 1.82) is 0 Å². The maximum atomic E-state index is 5.97. The second kappa shape index (κ2) is 10.2. The minimum absolute atomic E-state index is 0. The van der Waals surface area contributed by atoms with Crippen molar-refractivity contribution in [2.24, 2.45) is 0 Å². The van der Waals surface area contributed by atoms with Gasteiger partial charge < -0.3 is 5.32 Å². The van der Waals surface area contributed by atoms with Crippen LogP contribution in [0.2, 0.25) is 10.0 Å². The molecule has 1 N–H and O–H groups in total. The normalized spacial score (nSPS) is 10.2. The van der Waals surface area contributed by atoms with Gasteiger partial charge in [-0.25, -0.2) is 9.97 Å². The lowest BCUT2D eigenvalue weighted by Crippen LogP contribution is -2.15. The Morgan fingerprint density at radius 3 is 2.57 bits per heavy atom. The second-order valence-electron chi connectivity index (χ2n) is 4.16. The Balaban J connectivity index is 0.00000220. The van der Waals surface area contributed by atoms with Crippen molar-refractivity contribution in [2.75, 3.05) is 12.3 Å². The van der Waals surface area contributed by atoms with Crippen LogP contribution in [0.25, 0.3) is 0 Å². The quantitative estimate of drug-likeness (QED) is 0.446. The first-order chi connectivity index (χ1) is 9.75. The van der Waals surface area contributed by atoms with Gasteiger partial charge in [0.25, 0.3) is 0 Å². The van der Waals surface area contributed by atoms with Gasteiger partial charge in [-0.2, -0.15) is 0 Å². The molecule has 0 aliphatic rings. The molecule has 0 bridgehead atoms. The topological polar surface area (TPSA) is 37.8 Å². The molecule has 0 fully saturated rings. The van der Waals surface area contributed by atoms with E-state index in [4.69, 9.17) is 23.2 Å². The summed E-state index contributed by atoms with van der Waals surface area (Å²) in [5.74, 6) is 0.998. The minimum Gasteiger partial charge on any atom is -0.313 e. The van der Waals surface area contributed by atoms with E-state index < -0.39 is 0 Å². The fourth-order valence-electron chi connectivity index (χ4n) is 1.60. The van der Waals surface area contributed by atoms with Crippen molar-refractivity contribution in [3.05, 3.63) is 52.3 Å². The number of thioether (sulfide) groups is 1. The number of nitrogens with one attached hydrogen (secondary N) is 1. The number of benzene rings is 1. The summed E-state index contributed by atoms with van der Waals surface area (Å²) in [6, 6.07) is 7.52. The van der Waals surface area contributed by atoms with Gasteiger partial charge in [-0.1, -0.05) is 41.0 Å². The maximum Gasteiger partial charge on any atom is 0.187 e. The van der Waals surface area contributed by atoms with Gasteiger partial charge in [0.05, 0.1) is 10.0 Å². The molecule has 1 aromatic carbocycles. The Kier molecular flexibility index (Phi) is 9.04. The molecular formula is C14H16Cl3N3S. The van der Waals surface area contributed by atoms with Crippen molar-refractivity contribution in [3.8, 4) is 0 Å². The van der Waals surface area contributed by atoms with Crippen LogP contribution in [0.3, 0.4) is 0 Å². The molecule has 2 rings (SSSR count). The van der Waals surface area contributed by atoms with Crippen molar-refractivity contribution < 1.29 is 0 Å². The van der Waals surface area contributed by atoms with Gasteiger partial charge in [0.15, 0.2) is 5.16 Å². The summed E-state index contributed by atoms with van der Waals surface area (Å²) in [6.07, 6.45) is 4.58. The van der Waals surface area contributed by atoms with E-state index in [-0.39, 0.29) is 12.4 Å².